The molecular weight excluding hydrogens is 542 g/mol. The average molecular weight is 582 g/mol. The first kappa shape index (κ1) is 29.8. The van der Waals surface area contributed by atoms with Gasteiger partial charge in [-0.05, 0) is 80.6 Å². The molecule has 9 heteroatoms. The Kier molecular flexibility index (Phi) is 9.73. The molecule has 0 spiro atoms. The van der Waals surface area contributed by atoms with Crippen LogP contribution in [0.4, 0.5) is 0 Å². The predicted octanol–water partition coefficient (Wildman–Crippen LogP) is 5.35. The van der Waals surface area contributed by atoms with Crippen LogP contribution in [0.5, 0.6) is 11.5 Å². The van der Waals surface area contributed by atoms with E-state index in [4.69, 9.17) is 20.6 Å². The molecular formula is C34H39N5O4. The van der Waals surface area contributed by atoms with Crippen LogP contribution in [0.2, 0.25) is 0 Å². The van der Waals surface area contributed by atoms with E-state index in [9.17, 15) is 9.59 Å². The maximum Gasteiger partial charge on any atom is 0.268 e. The average Bonchev–Trinajstić information content (AvgIpc) is 3.37. The number of benzene rings is 3. The minimum atomic E-state index is -0.141. The number of rotatable bonds is 11. The Labute approximate surface area is 251 Å². The summed E-state index contributed by atoms with van der Waals surface area (Å²) in [6, 6.07) is 25.2. The molecule has 4 aromatic rings. The zero-order chi connectivity index (χ0) is 30.2. The van der Waals surface area contributed by atoms with Crippen molar-refractivity contribution in [3.8, 4) is 11.5 Å². The second-order valence-corrected chi connectivity index (χ2v) is 10.8. The molecule has 1 aromatic heterocycles. The van der Waals surface area contributed by atoms with Crippen LogP contribution in [-0.2, 0) is 16.1 Å². The lowest BCUT2D eigenvalue weighted by Gasteiger charge is -2.29. The summed E-state index contributed by atoms with van der Waals surface area (Å²) in [5, 5.41) is 15.5. The number of amides is 2. The monoisotopic (exact) mass is 581 g/mol. The minimum Gasteiger partial charge on any atom is -0.478 e. The lowest BCUT2D eigenvalue weighted by atomic mass is 9.91. The second kappa shape index (κ2) is 14.0. The van der Waals surface area contributed by atoms with Crippen molar-refractivity contribution >= 4 is 28.6 Å². The van der Waals surface area contributed by atoms with Gasteiger partial charge in [-0.15, -0.1) is 0 Å². The number of hydrogen-bond donors (Lipinski definition) is 4. The highest BCUT2D eigenvalue weighted by Gasteiger charge is 2.25. The Balaban J connectivity index is 1.35. The molecule has 9 nitrogen and oxygen atoms in total. The van der Waals surface area contributed by atoms with Crippen LogP contribution >= 0.6 is 0 Å². The largest absolute Gasteiger partial charge is 0.478 e. The summed E-state index contributed by atoms with van der Waals surface area (Å²) in [5.74, 6) is 1.43. The number of nitrogens with two attached hydrogens (primary N) is 1. The summed E-state index contributed by atoms with van der Waals surface area (Å²) < 4.78 is 13.4. The number of nitrogens with zero attached hydrogens (tertiary/aromatic N) is 1. The molecule has 43 heavy (non-hydrogen) atoms. The number of carbonyl (C=O) groups is 2. The van der Waals surface area contributed by atoms with Crippen molar-refractivity contribution in [1.82, 2.24) is 15.2 Å². The molecule has 0 aliphatic heterocycles. The number of nitrogens with one attached hydrogen (secondary N) is 3. The van der Waals surface area contributed by atoms with Crippen LogP contribution in [0.25, 0.3) is 10.9 Å². The van der Waals surface area contributed by atoms with Crippen molar-refractivity contribution in [2.45, 2.75) is 57.7 Å². The number of fused-ring (bicyclic) bond motifs is 1. The second-order valence-electron chi connectivity index (χ2n) is 10.8. The lowest BCUT2D eigenvalue weighted by Crippen LogP contribution is -2.44. The zero-order valence-corrected chi connectivity index (χ0v) is 24.5. The highest BCUT2D eigenvalue weighted by molar-refractivity contribution is 6.01. The molecule has 0 radical (unpaired) electrons. The van der Waals surface area contributed by atoms with E-state index < -0.39 is 0 Å². The smallest absolute Gasteiger partial charge is 0.268 e. The van der Waals surface area contributed by atoms with Crippen LogP contribution in [0.15, 0.2) is 78.9 Å². The maximum atomic E-state index is 13.7. The Bertz CT molecular complexity index is 1560. The van der Waals surface area contributed by atoms with Crippen LogP contribution in [0, 0.1) is 5.41 Å². The SMILES string of the molecule is CCOC(=N)c1ccc2cc(C(=O)NC3CCC(NC(=O)CCN)CC3)n(Cc3ccc(Oc4ccccc4)cc3)c2c1. The quantitative estimate of drug-likeness (QED) is 0.140. The van der Waals surface area contributed by atoms with Crippen LogP contribution in [0.3, 0.4) is 0 Å². The summed E-state index contributed by atoms with van der Waals surface area (Å²) in [4.78, 5) is 25.7. The lowest BCUT2D eigenvalue weighted by molar-refractivity contribution is -0.121. The van der Waals surface area contributed by atoms with Gasteiger partial charge in [0.15, 0.2) is 0 Å². The van der Waals surface area contributed by atoms with Gasteiger partial charge in [0.05, 0.1) is 6.61 Å². The van der Waals surface area contributed by atoms with Crippen LogP contribution in [0.1, 0.15) is 60.6 Å². The standard InChI is InChI=1S/C34H39N5O4/c1-2-42-33(36)25-11-10-24-20-31(34(41)38-27-14-12-26(13-15-27)37-32(40)18-19-35)39(30(24)21-25)22-23-8-16-29(17-9-23)43-28-6-4-3-5-7-28/h3-11,16-17,20-21,26-27,36H,2,12-15,18-19,22,35H2,1H3,(H,37,40)(H,38,41). The highest BCUT2D eigenvalue weighted by atomic mass is 16.5. The fraction of sp³-hybridized carbons (Fsp3) is 0.324. The van der Waals surface area contributed by atoms with Crippen LogP contribution in [-0.4, -0.2) is 47.5 Å². The molecule has 1 saturated carbocycles. The third-order valence-electron chi connectivity index (χ3n) is 7.73. The first-order chi connectivity index (χ1) is 20.9. The minimum absolute atomic E-state index is 0.0176. The summed E-state index contributed by atoms with van der Waals surface area (Å²) in [6.45, 7) is 3.06. The topological polar surface area (TPSA) is 131 Å². The van der Waals surface area contributed by atoms with Gasteiger partial charge in [0.25, 0.3) is 5.91 Å². The predicted molar refractivity (Wildman–Crippen MR) is 168 cm³/mol. The molecule has 0 saturated heterocycles. The van der Waals surface area contributed by atoms with Gasteiger partial charge in [-0.25, -0.2) is 0 Å². The van der Waals surface area contributed by atoms with Gasteiger partial charge < -0.3 is 30.4 Å². The normalized spacial score (nSPS) is 16.4. The van der Waals surface area contributed by atoms with E-state index in [1.807, 2.05) is 90.4 Å². The van der Waals surface area contributed by atoms with Crippen molar-refractivity contribution in [2.24, 2.45) is 5.73 Å². The van der Waals surface area contributed by atoms with E-state index in [0.717, 1.165) is 53.6 Å². The Hall–Kier alpha value is -4.63. The number of para-hydroxylation sites is 1. The molecule has 5 rings (SSSR count). The Morgan fingerprint density at radius 1 is 0.907 bits per heavy atom. The number of hydrogen-bond acceptors (Lipinski definition) is 6. The van der Waals surface area contributed by atoms with Gasteiger partial charge in [-0.3, -0.25) is 15.0 Å². The Morgan fingerprint density at radius 3 is 2.26 bits per heavy atom. The molecule has 1 aliphatic carbocycles. The van der Waals surface area contributed by atoms with E-state index in [0.29, 0.717) is 37.4 Å². The third kappa shape index (κ3) is 7.61. The number of ether oxygens (including phenoxy) is 2. The Morgan fingerprint density at radius 2 is 1.58 bits per heavy atom. The highest BCUT2D eigenvalue weighted by Crippen LogP contribution is 2.26. The molecule has 5 N–H and O–H groups in total. The van der Waals surface area contributed by atoms with Gasteiger partial charge in [0, 0.05) is 48.1 Å². The molecule has 3 aromatic carbocycles. The summed E-state index contributed by atoms with van der Waals surface area (Å²) in [5.41, 5.74) is 8.56. The molecule has 1 aliphatic rings. The summed E-state index contributed by atoms with van der Waals surface area (Å²) in [6.07, 6.45) is 3.53. The molecule has 0 unspecified atom stereocenters. The van der Waals surface area contributed by atoms with Gasteiger partial charge in [-0.2, -0.15) is 0 Å². The van der Waals surface area contributed by atoms with E-state index in [1.54, 1.807) is 0 Å². The summed E-state index contributed by atoms with van der Waals surface area (Å²) >= 11 is 0. The van der Waals surface area contributed by atoms with E-state index >= 15 is 0 Å². The molecule has 0 atom stereocenters. The van der Waals surface area contributed by atoms with Crippen molar-refractivity contribution < 1.29 is 19.1 Å². The first-order valence-corrected chi connectivity index (χ1v) is 14.9. The van der Waals surface area contributed by atoms with Crippen molar-refractivity contribution in [2.75, 3.05) is 13.2 Å². The van der Waals surface area contributed by atoms with Crippen molar-refractivity contribution in [3.05, 3.63) is 95.7 Å². The third-order valence-corrected chi connectivity index (χ3v) is 7.73. The van der Waals surface area contributed by atoms with E-state index in [1.165, 1.54) is 0 Å². The summed E-state index contributed by atoms with van der Waals surface area (Å²) in [7, 11) is 0. The van der Waals surface area contributed by atoms with Gasteiger partial charge in [0.1, 0.15) is 17.2 Å². The molecule has 0 bridgehead atoms. The first-order valence-electron chi connectivity index (χ1n) is 14.9. The van der Waals surface area contributed by atoms with Crippen molar-refractivity contribution in [1.29, 1.82) is 5.41 Å². The molecule has 1 heterocycles. The van der Waals surface area contributed by atoms with E-state index in [2.05, 4.69) is 10.6 Å². The maximum absolute atomic E-state index is 13.7. The molecule has 1 fully saturated rings. The molecule has 2 amide bonds. The molecule has 224 valence electrons. The number of aromatic nitrogens is 1. The van der Waals surface area contributed by atoms with Gasteiger partial charge in [-0.1, -0.05) is 36.4 Å². The van der Waals surface area contributed by atoms with Gasteiger partial charge >= 0.3 is 0 Å². The fourth-order valence-corrected chi connectivity index (χ4v) is 5.52. The van der Waals surface area contributed by atoms with Crippen molar-refractivity contribution in [3.63, 3.8) is 0 Å². The van der Waals surface area contributed by atoms with Crippen LogP contribution < -0.4 is 21.1 Å². The zero-order valence-electron chi connectivity index (χ0n) is 24.5. The number of carbonyl (C=O) groups excluding carboxylic acids is 2. The van der Waals surface area contributed by atoms with E-state index in [-0.39, 0.29) is 29.8 Å². The fourth-order valence-electron chi connectivity index (χ4n) is 5.52. The van der Waals surface area contributed by atoms with Gasteiger partial charge in [0.2, 0.25) is 11.8 Å².